The first kappa shape index (κ1) is 27.0. The molecule has 2 atom stereocenters. The lowest BCUT2D eigenvalue weighted by atomic mass is 9.73. The molecule has 5 rings (SSSR count). The highest BCUT2D eigenvalue weighted by molar-refractivity contribution is 7.99. The van der Waals surface area contributed by atoms with E-state index in [-0.39, 0.29) is 27.7 Å². The molecule has 38 heavy (non-hydrogen) atoms. The summed E-state index contributed by atoms with van der Waals surface area (Å²) in [6.07, 6.45) is 5.96. The van der Waals surface area contributed by atoms with Gasteiger partial charge in [-0.1, -0.05) is 47.6 Å². The third-order valence-corrected chi connectivity index (χ3v) is 10.3. The lowest BCUT2D eigenvalue weighted by Crippen LogP contribution is -2.50. The second kappa shape index (κ2) is 10.5. The molecule has 0 bridgehead atoms. The van der Waals surface area contributed by atoms with Crippen LogP contribution < -0.4 is 15.4 Å². The predicted octanol–water partition coefficient (Wildman–Crippen LogP) is 5.07. The van der Waals surface area contributed by atoms with Crippen LogP contribution in [0.1, 0.15) is 56.5 Å². The summed E-state index contributed by atoms with van der Waals surface area (Å²) in [5.41, 5.74) is 8.61. The van der Waals surface area contributed by atoms with Gasteiger partial charge in [0.1, 0.15) is 21.7 Å². The molecule has 8 nitrogen and oxygen atoms in total. The van der Waals surface area contributed by atoms with Crippen molar-refractivity contribution in [2.24, 2.45) is 5.41 Å². The van der Waals surface area contributed by atoms with Crippen LogP contribution in [0, 0.1) is 16.7 Å². The number of aromatic nitrogens is 3. The minimum atomic E-state index is -1.19. The molecule has 198 valence electrons. The number of hydrogen-bond acceptors (Lipinski definition) is 9. The number of piperidine rings is 1. The van der Waals surface area contributed by atoms with E-state index in [1.165, 1.54) is 22.9 Å². The number of benzene rings is 1. The highest BCUT2D eigenvalue weighted by atomic mass is 35.5. The molecule has 2 aliphatic rings. The van der Waals surface area contributed by atoms with Crippen LogP contribution in [0.2, 0.25) is 5.02 Å². The van der Waals surface area contributed by atoms with Crippen LogP contribution in [-0.4, -0.2) is 37.3 Å². The fraction of sp³-hybridized carbons (Fsp3) is 0.407. The maximum Gasteiger partial charge on any atom is 0.184 e. The van der Waals surface area contributed by atoms with E-state index in [9.17, 15) is 9.81 Å². The number of nitrogens with two attached hydrogens (primary N) is 1. The number of halogens is 1. The standard InChI is InChI=1S/C27H30ClN7OS2/c1-26(2,3)38(36)34-23-18-7-5-4-6-17(18)14-27(23)9-12-35(13-10-27)25-19(15-29)33-21(16-32-25)37-20-8-11-31-24(30)22(20)28/h4-8,11,16,23,34H,9-10,12-14H2,1-3H3,(H2,30,31)/t23-,38-/m1/s1. The molecule has 11 heteroatoms. The topological polar surface area (TPSA) is 127 Å². The van der Waals surface area contributed by atoms with Gasteiger partial charge >= 0.3 is 0 Å². The summed E-state index contributed by atoms with van der Waals surface area (Å²) in [5.74, 6) is 0.836. The summed E-state index contributed by atoms with van der Waals surface area (Å²) in [4.78, 5) is 16.0. The van der Waals surface area contributed by atoms with E-state index in [1.54, 1.807) is 18.5 Å². The molecule has 1 aromatic carbocycles. The van der Waals surface area contributed by atoms with Gasteiger partial charge in [0.15, 0.2) is 11.5 Å². The molecular formula is C27H30ClN7OS2. The van der Waals surface area contributed by atoms with Gasteiger partial charge in [-0.25, -0.2) is 15.0 Å². The molecule has 2 aromatic heterocycles. The van der Waals surface area contributed by atoms with Crippen molar-refractivity contribution in [3.63, 3.8) is 0 Å². The molecule has 3 aromatic rings. The fourth-order valence-electron chi connectivity index (χ4n) is 5.24. The van der Waals surface area contributed by atoms with Crippen molar-refractivity contribution in [1.29, 1.82) is 5.26 Å². The maximum atomic E-state index is 13.1. The minimum Gasteiger partial charge on any atom is -0.598 e. The molecule has 1 aliphatic carbocycles. The normalized spacial score (nSPS) is 19.3. The van der Waals surface area contributed by atoms with Crippen LogP contribution in [0.5, 0.6) is 0 Å². The second-order valence-electron chi connectivity index (χ2n) is 10.8. The van der Waals surface area contributed by atoms with Gasteiger partial charge in [-0.2, -0.15) is 5.26 Å². The monoisotopic (exact) mass is 567 g/mol. The number of hydrogen-bond donors (Lipinski definition) is 2. The number of anilines is 2. The Balaban J connectivity index is 1.35. The SMILES string of the molecule is CC(C)(C)[S@@+]([O-])N[C@@H]1c2ccccc2CC12CCN(c1ncc(Sc3ccnc(N)c3Cl)nc1C#N)CC2. The average Bonchev–Trinajstić information content (AvgIpc) is 3.19. The molecule has 0 amide bonds. The van der Waals surface area contributed by atoms with Gasteiger partial charge in [0.25, 0.3) is 0 Å². The van der Waals surface area contributed by atoms with E-state index in [1.807, 2.05) is 20.8 Å². The number of rotatable bonds is 5. The molecule has 1 spiro atoms. The summed E-state index contributed by atoms with van der Waals surface area (Å²) >= 11 is 6.39. The minimum absolute atomic E-state index is 0.0127. The van der Waals surface area contributed by atoms with Crippen molar-refractivity contribution in [2.75, 3.05) is 23.7 Å². The Labute approximate surface area is 235 Å². The zero-order valence-corrected chi connectivity index (χ0v) is 24.0. The molecule has 1 aliphatic heterocycles. The van der Waals surface area contributed by atoms with E-state index in [2.05, 4.69) is 54.9 Å². The Bertz CT molecular complexity index is 1380. The van der Waals surface area contributed by atoms with Gasteiger partial charge in [-0.3, -0.25) is 0 Å². The van der Waals surface area contributed by atoms with Crippen LogP contribution in [0.4, 0.5) is 11.6 Å². The van der Waals surface area contributed by atoms with Gasteiger partial charge in [0.05, 0.1) is 17.3 Å². The first-order valence-corrected chi connectivity index (χ1v) is 14.8. The number of fused-ring (bicyclic) bond motifs is 1. The number of nitriles is 1. The van der Waals surface area contributed by atoms with Crippen LogP contribution >= 0.6 is 23.4 Å². The van der Waals surface area contributed by atoms with Crippen molar-refractivity contribution >= 4 is 46.4 Å². The smallest absolute Gasteiger partial charge is 0.184 e. The number of pyridine rings is 1. The predicted molar refractivity (Wildman–Crippen MR) is 152 cm³/mol. The van der Waals surface area contributed by atoms with E-state index >= 15 is 0 Å². The summed E-state index contributed by atoms with van der Waals surface area (Å²) in [6.45, 7) is 7.45. The van der Waals surface area contributed by atoms with Crippen molar-refractivity contribution in [3.05, 3.63) is 64.6 Å². The van der Waals surface area contributed by atoms with Crippen LogP contribution in [0.25, 0.3) is 0 Å². The lowest BCUT2D eigenvalue weighted by Gasteiger charge is -2.44. The molecule has 0 radical (unpaired) electrons. The zero-order chi connectivity index (χ0) is 27.1. The summed E-state index contributed by atoms with van der Waals surface area (Å²) in [7, 11) is 0. The van der Waals surface area contributed by atoms with Gasteiger partial charge < -0.3 is 15.2 Å². The zero-order valence-electron chi connectivity index (χ0n) is 21.6. The van der Waals surface area contributed by atoms with Crippen LogP contribution in [0.3, 0.4) is 0 Å². The van der Waals surface area contributed by atoms with E-state index in [0.717, 1.165) is 32.4 Å². The molecular weight excluding hydrogens is 538 g/mol. The molecule has 3 N–H and O–H groups in total. The van der Waals surface area contributed by atoms with Crippen LogP contribution in [0.15, 0.2) is 52.6 Å². The Morgan fingerprint density at radius 2 is 1.97 bits per heavy atom. The Hall–Kier alpha value is -2.55. The van der Waals surface area contributed by atoms with E-state index in [4.69, 9.17) is 17.3 Å². The fourth-order valence-corrected chi connectivity index (χ4v) is 7.21. The number of nitrogens with one attached hydrogen (secondary N) is 1. The maximum absolute atomic E-state index is 13.1. The van der Waals surface area contributed by atoms with Crippen LogP contribution in [-0.2, 0) is 17.8 Å². The molecule has 0 unspecified atom stereocenters. The number of nitrogens with zero attached hydrogens (tertiary/aromatic N) is 5. The largest absolute Gasteiger partial charge is 0.598 e. The van der Waals surface area contributed by atoms with Gasteiger partial charge in [-0.05, 0) is 57.2 Å². The van der Waals surface area contributed by atoms with Crippen molar-refractivity contribution in [1.82, 2.24) is 19.7 Å². The third-order valence-electron chi connectivity index (χ3n) is 7.29. The molecule has 1 fully saturated rings. The Kier molecular flexibility index (Phi) is 7.50. The molecule has 1 saturated heterocycles. The number of nitrogen functional groups attached to an aromatic ring is 1. The quantitative estimate of drug-likeness (QED) is 0.406. The van der Waals surface area contributed by atoms with Gasteiger partial charge in [0, 0.05) is 41.0 Å². The summed E-state index contributed by atoms with van der Waals surface area (Å²) in [5, 5.41) is 10.8. The highest BCUT2D eigenvalue weighted by Gasteiger charge is 2.50. The highest BCUT2D eigenvalue weighted by Crippen LogP contribution is 2.53. The first-order chi connectivity index (χ1) is 18.1. The van der Waals surface area contributed by atoms with Gasteiger partial charge in [0.2, 0.25) is 0 Å². The average molecular weight is 568 g/mol. The molecule has 0 saturated carbocycles. The first-order valence-electron chi connectivity index (χ1n) is 12.5. The summed E-state index contributed by atoms with van der Waals surface area (Å²) in [6, 6.07) is 12.5. The second-order valence-corrected chi connectivity index (χ2v) is 14.2. The van der Waals surface area contributed by atoms with E-state index in [0.29, 0.717) is 20.8 Å². The lowest BCUT2D eigenvalue weighted by molar-refractivity contribution is 0.176. The summed E-state index contributed by atoms with van der Waals surface area (Å²) < 4.78 is 16.3. The Morgan fingerprint density at radius 3 is 2.68 bits per heavy atom. The van der Waals surface area contributed by atoms with Gasteiger partial charge in [-0.15, -0.1) is 4.72 Å². The van der Waals surface area contributed by atoms with Crippen molar-refractivity contribution in [3.8, 4) is 6.07 Å². The van der Waals surface area contributed by atoms with Crippen molar-refractivity contribution in [2.45, 2.75) is 60.7 Å². The third kappa shape index (κ3) is 5.18. The van der Waals surface area contributed by atoms with E-state index < -0.39 is 11.4 Å². The molecule has 3 heterocycles. The van der Waals surface area contributed by atoms with Crippen molar-refractivity contribution < 1.29 is 4.55 Å². The Morgan fingerprint density at radius 1 is 1.24 bits per heavy atom.